The Morgan fingerprint density at radius 1 is 1.47 bits per heavy atom. The van der Waals surface area contributed by atoms with Gasteiger partial charge >= 0.3 is 0 Å². The van der Waals surface area contributed by atoms with Crippen molar-refractivity contribution in [3.63, 3.8) is 0 Å². The summed E-state index contributed by atoms with van der Waals surface area (Å²) in [6.45, 7) is 4.41. The fourth-order valence-electron chi connectivity index (χ4n) is 2.02. The predicted molar refractivity (Wildman–Crippen MR) is 71.1 cm³/mol. The van der Waals surface area contributed by atoms with E-state index in [9.17, 15) is 9.59 Å². The van der Waals surface area contributed by atoms with E-state index in [-0.39, 0.29) is 18.0 Å². The molecule has 0 aliphatic heterocycles. The quantitative estimate of drug-likeness (QED) is 0.692. The van der Waals surface area contributed by atoms with E-state index in [1.54, 1.807) is 11.6 Å². The Morgan fingerprint density at radius 3 is 2.89 bits per heavy atom. The van der Waals surface area contributed by atoms with Crippen molar-refractivity contribution in [1.82, 2.24) is 25.2 Å². The number of H-pyrrole nitrogens is 1. The Kier molecular flexibility index (Phi) is 3.66. The number of aromatic amines is 1. The second-order valence-corrected chi connectivity index (χ2v) is 4.38. The third-order valence-corrected chi connectivity index (χ3v) is 3.00. The number of hydrogen-bond donors (Lipinski definition) is 3. The van der Waals surface area contributed by atoms with Crippen molar-refractivity contribution in [2.24, 2.45) is 0 Å². The third-order valence-electron chi connectivity index (χ3n) is 3.00. The number of aryl methyl sites for hydroxylation is 2. The number of carbonyl (C=O) groups excluding carboxylic acids is 1. The summed E-state index contributed by atoms with van der Waals surface area (Å²) in [5, 5.41) is 8.27. The van der Waals surface area contributed by atoms with Gasteiger partial charge in [0.15, 0.2) is 5.65 Å². The highest BCUT2D eigenvalue weighted by Crippen LogP contribution is 2.12. The van der Waals surface area contributed by atoms with Crippen LogP contribution in [0.5, 0.6) is 0 Å². The van der Waals surface area contributed by atoms with E-state index in [2.05, 4.69) is 20.7 Å². The van der Waals surface area contributed by atoms with Gasteiger partial charge in [0, 0.05) is 29.6 Å². The van der Waals surface area contributed by atoms with E-state index in [0.717, 1.165) is 17.0 Å². The van der Waals surface area contributed by atoms with Crippen molar-refractivity contribution in [2.75, 3.05) is 13.6 Å². The summed E-state index contributed by atoms with van der Waals surface area (Å²) >= 11 is 0. The summed E-state index contributed by atoms with van der Waals surface area (Å²) < 4.78 is 1.63. The van der Waals surface area contributed by atoms with E-state index in [1.807, 2.05) is 13.8 Å². The topological polar surface area (TPSA) is 91.3 Å². The van der Waals surface area contributed by atoms with Gasteiger partial charge in [0.25, 0.3) is 5.56 Å². The van der Waals surface area contributed by atoms with Crippen LogP contribution in [-0.4, -0.2) is 34.1 Å². The molecule has 0 radical (unpaired) electrons. The molecule has 1 amide bonds. The maximum Gasteiger partial charge on any atom is 0.266 e. The first-order valence-corrected chi connectivity index (χ1v) is 6.02. The molecule has 0 aliphatic rings. The van der Waals surface area contributed by atoms with Crippen molar-refractivity contribution in [2.45, 2.75) is 20.4 Å². The van der Waals surface area contributed by atoms with Gasteiger partial charge < -0.3 is 10.6 Å². The standard InChI is InChI=1S/C12H17N5O2/c1-7-9(5-14-12(19)6-13-3)8(2)17-10(15-7)4-11(18)16-17/h4,13H,5-6H2,1-3H3,(H,14,19)(H,16,18). The zero-order valence-corrected chi connectivity index (χ0v) is 11.2. The largest absolute Gasteiger partial charge is 0.351 e. The van der Waals surface area contributed by atoms with Gasteiger partial charge in [0.2, 0.25) is 5.91 Å². The monoisotopic (exact) mass is 263 g/mol. The van der Waals surface area contributed by atoms with Crippen LogP contribution < -0.4 is 16.2 Å². The number of carbonyl (C=O) groups is 1. The first kappa shape index (κ1) is 13.3. The van der Waals surface area contributed by atoms with Crippen molar-refractivity contribution >= 4 is 11.6 Å². The smallest absolute Gasteiger partial charge is 0.266 e. The average molecular weight is 263 g/mol. The lowest BCUT2D eigenvalue weighted by atomic mass is 10.1. The van der Waals surface area contributed by atoms with Crippen LogP contribution in [0, 0.1) is 13.8 Å². The molecule has 7 nitrogen and oxygen atoms in total. The Bertz CT molecular complexity index is 671. The number of amides is 1. The van der Waals surface area contributed by atoms with Crippen molar-refractivity contribution in [3.05, 3.63) is 33.4 Å². The molecular formula is C12H17N5O2. The lowest BCUT2D eigenvalue weighted by Crippen LogP contribution is -2.32. The average Bonchev–Trinajstić information content (AvgIpc) is 2.70. The molecule has 0 spiro atoms. The number of aromatic nitrogens is 3. The van der Waals surface area contributed by atoms with Crippen LogP contribution in [0.25, 0.3) is 5.65 Å². The van der Waals surface area contributed by atoms with Gasteiger partial charge in [-0.1, -0.05) is 0 Å². The molecule has 2 aromatic heterocycles. The molecule has 2 heterocycles. The molecule has 0 saturated carbocycles. The maximum absolute atomic E-state index is 11.4. The molecule has 0 unspecified atom stereocenters. The highest BCUT2D eigenvalue weighted by Gasteiger charge is 2.11. The molecule has 0 aliphatic carbocycles. The fraction of sp³-hybridized carbons (Fsp3) is 0.417. The van der Waals surface area contributed by atoms with Crippen LogP contribution in [0.15, 0.2) is 10.9 Å². The Labute approximate surface area is 110 Å². The van der Waals surface area contributed by atoms with Crippen molar-refractivity contribution in [1.29, 1.82) is 0 Å². The van der Waals surface area contributed by atoms with E-state index < -0.39 is 0 Å². The minimum Gasteiger partial charge on any atom is -0.351 e. The highest BCUT2D eigenvalue weighted by atomic mass is 16.2. The van der Waals surface area contributed by atoms with Gasteiger partial charge in [0.05, 0.1) is 6.54 Å². The number of nitrogens with one attached hydrogen (secondary N) is 3. The summed E-state index contributed by atoms with van der Waals surface area (Å²) in [6, 6.07) is 1.45. The molecule has 0 saturated heterocycles. The molecule has 19 heavy (non-hydrogen) atoms. The molecular weight excluding hydrogens is 246 g/mol. The van der Waals surface area contributed by atoms with Crippen LogP contribution in [0.1, 0.15) is 17.0 Å². The summed E-state index contributed by atoms with van der Waals surface area (Å²) in [7, 11) is 1.72. The molecule has 0 atom stereocenters. The molecule has 0 aromatic carbocycles. The van der Waals surface area contributed by atoms with Crippen LogP contribution in [-0.2, 0) is 11.3 Å². The van der Waals surface area contributed by atoms with Crippen LogP contribution >= 0.6 is 0 Å². The van der Waals surface area contributed by atoms with Crippen molar-refractivity contribution in [3.8, 4) is 0 Å². The molecule has 0 fully saturated rings. The van der Waals surface area contributed by atoms with E-state index in [1.165, 1.54) is 6.07 Å². The summed E-state index contributed by atoms with van der Waals surface area (Å²) in [5.41, 5.74) is 2.98. The van der Waals surface area contributed by atoms with Crippen molar-refractivity contribution < 1.29 is 4.79 Å². The summed E-state index contributed by atoms with van der Waals surface area (Å²) in [5.74, 6) is -0.0811. The van der Waals surface area contributed by atoms with Gasteiger partial charge in [-0.15, -0.1) is 0 Å². The van der Waals surface area contributed by atoms with Gasteiger partial charge in [-0.2, -0.15) is 0 Å². The maximum atomic E-state index is 11.4. The van der Waals surface area contributed by atoms with Gasteiger partial charge in [-0.25, -0.2) is 9.50 Å². The second kappa shape index (κ2) is 5.23. The lowest BCUT2D eigenvalue weighted by molar-refractivity contribution is -0.120. The van der Waals surface area contributed by atoms with E-state index >= 15 is 0 Å². The zero-order chi connectivity index (χ0) is 14.0. The number of nitrogens with zero attached hydrogens (tertiary/aromatic N) is 2. The third kappa shape index (κ3) is 2.65. The minimum absolute atomic E-state index is 0.0811. The molecule has 7 heteroatoms. The Morgan fingerprint density at radius 2 is 2.21 bits per heavy atom. The second-order valence-electron chi connectivity index (χ2n) is 4.38. The normalized spacial score (nSPS) is 10.9. The number of likely N-dealkylation sites (N-methyl/N-ethyl adjacent to an activating group) is 1. The number of rotatable bonds is 4. The Hall–Kier alpha value is -2.15. The lowest BCUT2D eigenvalue weighted by Gasteiger charge is -2.12. The van der Waals surface area contributed by atoms with Crippen LogP contribution in [0.4, 0.5) is 0 Å². The Balaban J connectivity index is 2.32. The van der Waals surface area contributed by atoms with Crippen LogP contribution in [0.2, 0.25) is 0 Å². The van der Waals surface area contributed by atoms with Crippen LogP contribution in [0.3, 0.4) is 0 Å². The molecule has 3 N–H and O–H groups in total. The number of fused-ring (bicyclic) bond motifs is 1. The highest BCUT2D eigenvalue weighted by molar-refractivity contribution is 5.77. The fourth-order valence-corrected chi connectivity index (χ4v) is 2.02. The first-order valence-electron chi connectivity index (χ1n) is 6.02. The summed E-state index contributed by atoms with van der Waals surface area (Å²) in [4.78, 5) is 27.1. The molecule has 2 aromatic rings. The zero-order valence-electron chi connectivity index (χ0n) is 11.2. The first-order chi connectivity index (χ1) is 9.02. The minimum atomic E-state index is -0.189. The van der Waals surface area contributed by atoms with E-state index in [0.29, 0.717) is 12.2 Å². The van der Waals surface area contributed by atoms with Gasteiger partial charge in [0.1, 0.15) is 0 Å². The molecule has 102 valence electrons. The SMILES string of the molecule is CNCC(=O)NCc1c(C)nc2cc(=O)[nH]n2c1C. The summed E-state index contributed by atoms with van der Waals surface area (Å²) in [6.07, 6.45) is 0. The van der Waals surface area contributed by atoms with Gasteiger partial charge in [-0.05, 0) is 20.9 Å². The predicted octanol–water partition coefficient (Wildman–Crippen LogP) is -0.525. The number of hydrogen-bond acceptors (Lipinski definition) is 4. The van der Waals surface area contributed by atoms with Gasteiger partial charge in [-0.3, -0.25) is 14.7 Å². The molecule has 2 rings (SSSR count). The van der Waals surface area contributed by atoms with E-state index in [4.69, 9.17) is 0 Å². The molecule has 0 bridgehead atoms.